The van der Waals surface area contributed by atoms with Crippen molar-refractivity contribution in [1.29, 1.82) is 0 Å². The Balaban J connectivity index is 1.88. The molecule has 0 spiro atoms. The van der Waals surface area contributed by atoms with Crippen LogP contribution < -0.4 is 0 Å². The van der Waals surface area contributed by atoms with Crippen molar-refractivity contribution in [2.24, 2.45) is 0 Å². The van der Waals surface area contributed by atoms with E-state index in [1.807, 2.05) is 49.5 Å². The van der Waals surface area contributed by atoms with Gasteiger partial charge in [0.2, 0.25) is 0 Å². The fourth-order valence-corrected chi connectivity index (χ4v) is 3.66. The molecule has 0 saturated carbocycles. The zero-order chi connectivity index (χ0) is 20.9. The second-order valence-corrected chi connectivity index (χ2v) is 7.01. The Morgan fingerprint density at radius 3 is 2.60 bits per heavy atom. The van der Waals surface area contributed by atoms with Gasteiger partial charge >= 0.3 is 6.18 Å². The summed E-state index contributed by atoms with van der Waals surface area (Å²) < 4.78 is 41.9. The summed E-state index contributed by atoms with van der Waals surface area (Å²) in [6.07, 6.45) is -1.03. The van der Waals surface area contributed by atoms with Gasteiger partial charge in [-0.3, -0.25) is 9.97 Å². The maximum atomic E-state index is 13.4. The predicted molar refractivity (Wildman–Crippen MR) is 109 cm³/mol. The molecule has 0 atom stereocenters. The molecule has 0 saturated heterocycles. The third-order valence-electron chi connectivity index (χ3n) is 5.01. The van der Waals surface area contributed by atoms with E-state index in [1.54, 1.807) is 16.8 Å². The molecule has 0 N–H and O–H groups in total. The SMILES string of the molecule is Cc1cccc(-c2nn3ccccc3c2-c2ccnc3ccc(C(F)(F)F)cc23)n1. The number of alkyl halides is 3. The summed E-state index contributed by atoms with van der Waals surface area (Å²) >= 11 is 0. The summed E-state index contributed by atoms with van der Waals surface area (Å²) in [6, 6.07) is 16.6. The number of pyridine rings is 3. The van der Waals surface area contributed by atoms with E-state index in [4.69, 9.17) is 0 Å². The van der Waals surface area contributed by atoms with Crippen molar-refractivity contribution in [3.63, 3.8) is 0 Å². The number of halogens is 3. The molecule has 0 aliphatic heterocycles. The van der Waals surface area contributed by atoms with Gasteiger partial charge in [0, 0.05) is 29.0 Å². The molecule has 0 bridgehead atoms. The highest BCUT2D eigenvalue weighted by atomic mass is 19.4. The van der Waals surface area contributed by atoms with Crippen LogP contribution in [0.15, 0.2) is 73.1 Å². The van der Waals surface area contributed by atoms with Crippen LogP contribution in [-0.4, -0.2) is 19.6 Å². The van der Waals surface area contributed by atoms with Gasteiger partial charge in [-0.25, -0.2) is 4.52 Å². The average Bonchev–Trinajstić information content (AvgIpc) is 3.12. The Bertz CT molecular complexity index is 1400. The summed E-state index contributed by atoms with van der Waals surface area (Å²) in [5.41, 5.74) is 4.00. The second-order valence-electron chi connectivity index (χ2n) is 7.01. The first-order valence-corrected chi connectivity index (χ1v) is 9.29. The number of rotatable bonds is 2. The number of aromatic nitrogens is 4. The zero-order valence-corrected chi connectivity index (χ0v) is 15.9. The van der Waals surface area contributed by atoms with Crippen molar-refractivity contribution in [1.82, 2.24) is 19.6 Å². The largest absolute Gasteiger partial charge is 0.416 e. The molecule has 4 heterocycles. The van der Waals surface area contributed by atoms with E-state index in [9.17, 15) is 13.2 Å². The molecule has 5 rings (SSSR count). The number of hydrogen-bond acceptors (Lipinski definition) is 3. The van der Waals surface area contributed by atoms with Crippen molar-refractivity contribution in [3.8, 4) is 22.5 Å². The molecular weight excluding hydrogens is 389 g/mol. The molecule has 0 unspecified atom stereocenters. The monoisotopic (exact) mass is 404 g/mol. The number of hydrogen-bond donors (Lipinski definition) is 0. The van der Waals surface area contributed by atoms with Crippen molar-refractivity contribution in [3.05, 3.63) is 84.3 Å². The Kier molecular flexibility index (Phi) is 4.06. The van der Waals surface area contributed by atoms with Gasteiger partial charge in [-0.2, -0.15) is 18.3 Å². The normalized spacial score (nSPS) is 12.0. The summed E-state index contributed by atoms with van der Waals surface area (Å²) in [5, 5.41) is 5.11. The first-order valence-electron chi connectivity index (χ1n) is 9.29. The molecule has 0 aliphatic rings. The number of benzene rings is 1. The molecule has 7 heteroatoms. The van der Waals surface area contributed by atoms with E-state index in [0.717, 1.165) is 28.9 Å². The van der Waals surface area contributed by atoms with Gasteiger partial charge in [0.05, 0.1) is 22.3 Å². The Morgan fingerprint density at radius 1 is 0.933 bits per heavy atom. The third kappa shape index (κ3) is 2.99. The first kappa shape index (κ1) is 18.3. The molecule has 30 heavy (non-hydrogen) atoms. The van der Waals surface area contributed by atoms with Crippen molar-refractivity contribution < 1.29 is 13.2 Å². The van der Waals surface area contributed by atoms with Gasteiger partial charge in [-0.1, -0.05) is 12.1 Å². The molecule has 0 aliphatic carbocycles. The van der Waals surface area contributed by atoms with E-state index in [-0.39, 0.29) is 0 Å². The number of nitrogens with zero attached hydrogens (tertiary/aromatic N) is 4. The molecule has 148 valence electrons. The molecule has 0 amide bonds. The number of fused-ring (bicyclic) bond motifs is 2. The van der Waals surface area contributed by atoms with E-state index in [2.05, 4.69) is 15.1 Å². The third-order valence-corrected chi connectivity index (χ3v) is 5.01. The van der Waals surface area contributed by atoms with Crippen LogP contribution in [0.1, 0.15) is 11.3 Å². The fourth-order valence-electron chi connectivity index (χ4n) is 3.66. The Hall–Kier alpha value is -3.74. The predicted octanol–water partition coefficient (Wildman–Crippen LogP) is 5.94. The average molecular weight is 404 g/mol. The highest BCUT2D eigenvalue weighted by Gasteiger charge is 2.31. The van der Waals surface area contributed by atoms with Crippen LogP contribution in [-0.2, 0) is 6.18 Å². The topological polar surface area (TPSA) is 43.1 Å². The van der Waals surface area contributed by atoms with Crippen LogP contribution in [0, 0.1) is 6.92 Å². The van der Waals surface area contributed by atoms with Crippen LogP contribution in [0.3, 0.4) is 0 Å². The van der Waals surface area contributed by atoms with Gasteiger partial charge in [0.15, 0.2) is 0 Å². The van der Waals surface area contributed by atoms with Crippen LogP contribution in [0.2, 0.25) is 0 Å². The quantitative estimate of drug-likeness (QED) is 0.366. The summed E-state index contributed by atoms with van der Waals surface area (Å²) in [5.74, 6) is 0. The van der Waals surface area contributed by atoms with Gasteiger partial charge in [0.25, 0.3) is 0 Å². The Labute approximate surface area is 169 Å². The van der Waals surface area contributed by atoms with Crippen molar-refractivity contribution in [2.45, 2.75) is 13.1 Å². The molecule has 0 fully saturated rings. The Morgan fingerprint density at radius 2 is 1.80 bits per heavy atom. The van der Waals surface area contributed by atoms with Gasteiger partial charge in [-0.05, 0) is 61.0 Å². The first-order chi connectivity index (χ1) is 14.4. The fraction of sp³-hybridized carbons (Fsp3) is 0.0870. The van der Waals surface area contributed by atoms with Crippen LogP contribution in [0.4, 0.5) is 13.2 Å². The summed E-state index contributed by atoms with van der Waals surface area (Å²) in [6.45, 7) is 1.89. The van der Waals surface area contributed by atoms with Gasteiger partial charge in [-0.15, -0.1) is 0 Å². The smallest absolute Gasteiger partial charge is 0.256 e. The zero-order valence-electron chi connectivity index (χ0n) is 15.9. The summed E-state index contributed by atoms with van der Waals surface area (Å²) in [4.78, 5) is 8.85. The standard InChI is InChI=1S/C23H15F3N4/c1-14-5-4-6-19(28-14)22-21(20-7-2-3-12-30(20)29-22)16-10-11-27-18-9-8-15(13-17(16)18)23(24,25)26/h2-13H,1H3. The second kappa shape index (κ2) is 6.66. The molecule has 5 aromatic rings. The van der Waals surface area contributed by atoms with E-state index in [1.165, 1.54) is 6.07 Å². The molecule has 0 radical (unpaired) electrons. The maximum Gasteiger partial charge on any atom is 0.416 e. The van der Waals surface area contributed by atoms with E-state index < -0.39 is 11.7 Å². The minimum atomic E-state index is -4.44. The highest BCUT2D eigenvalue weighted by Crippen LogP contribution is 2.39. The van der Waals surface area contributed by atoms with Crippen molar-refractivity contribution >= 4 is 16.4 Å². The molecule has 4 nitrogen and oxygen atoms in total. The molecule has 1 aromatic carbocycles. The van der Waals surface area contributed by atoms with Gasteiger partial charge < -0.3 is 0 Å². The number of aryl methyl sites for hydroxylation is 1. The minimum Gasteiger partial charge on any atom is -0.256 e. The maximum absolute atomic E-state index is 13.4. The molecular formula is C23H15F3N4. The van der Waals surface area contributed by atoms with Crippen molar-refractivity contribution in [2.75, 3.05) is 0 Å². The van der Waals surface area contributed by atoms with Crippen LogP contribution >= 0.6 is 0 Å². The van der Waals surface area contributed by atoms with E-state index in [0.29, 0.717) is 27.9 Å². The van der Waals surface area contributed by atoms with Crippen LogP contribution in [0.25, 0.3) is 38.9 Å². The summed E-state index contributed by atoms with van der Waals surface area (Å²) in [7, 11) is 0. The lowest BCUT2D eigenvalue weighted by Crippen LogP contribution is -2.04. The van der Waals surface area contributed by atoms with Crippen LogP contribution in [0.5, 0.6) is 0 Å². The lowest BCUT2D eigenvalue weighted by molar-refractivity contribution is -0.137. The highest BCUT2D eigenvalue weighted by molar-refractivity contribution is 6.03. The van der Waals surface area contributed by atoms with Gasteiger partial charge in [0.1, 0.15) is 5.69 Å². The lowest BCUT2D eigenvalue weighted by atomic mass is 9.97. The van der Waals surface area contributed by atoms with E-state index >= 15 is 0 Å². The molecule has 4 aromatic heterocycles. The minimum absolute atomic E-state index is 0.417. The lowest BCUT2D eigenvalue weighted by Gasteiger charge is -2.11.